The highest BCUT2D eigenvalue weighted by molar-refractivity contribution is 5.79. The molecule has 0 aliphatic rings. The molecule has 80 valence electrons. The highest BCUT2D eigenvalue weighted by Gasteiger charge is 2.01. The van der Waals surface area contributed by atoms with Crippen molar-refractivity contribution in [2.24, 2.45) is 0 Å². The van der Waals surface area contributed by atoms with E-state index in [1.807, 2.05) is 0 Å². The molecular formula is C12H10N2O2. The number of aliphatic hydroxyl groups is 1. The number of benzene rings is 1. The van der Waals surface area contributed by atoms with E-state index in [-0.39, 0.29) is 12.2 Å². The number of nitrogens with zero attached hydrogens (tertiary/aromatic N) is 1. The van der Waals surface area contributed by atoms with E-state index in [1.165, 1.54) is 0 Å². The molecule has 1 aromatic carbocycles. The van der Waals surface area contributed by atoms with Crippen LogP contribution in [0.15, 0.2) is 23.0 Å². The Balaban J connectivity index is 2.67. The Labute approximate surface area is 92.0 Å². The Morgan fingerprint density at radius 1 is 1.50 bits per heavy atom. The first-order valence-electron chi connectivity index (χ1n) is 4.81. The predicted molar refractivity (Wildman–Crippen MR) is 61.1 cm³/mol. The van der Waals surface area contributed by atoms with Gasteiger partial charge in [0.1, 0.15) is 12.4 Å². The van der Waals surface area contributed by atoms with Gasteiger partial charge in [-0.2, -0.15) is 0 Å². The fraction of sp³-hybridized carbons (Fsp3) is 0.167. The van der Waals surface area contributed by atoms with Gasteiger partial charge in [0.25, 0.3) is 5.56 Å². The molecule has 0 bridgehead atoms. The molecule has 0 atom stereocenters. The fourth-order valence-electron chi connectivity index (χ4n) is 1.48. The largest absolute Gasteiger partial charge is 0.384 e. The van der Waals surface area contributed by atoms with Gasteiger partial charge in [0.15, 0.2) is 0 Å². The van der Waals surface area contributed by atoms with Gasteiger partial charge in [0.2, 0.25) is 0 Å². The molecule has 1 aromatic heterocycles. The van der Waals surface area contributed by atoms with Crippen molar-refractivity contribution >= 4 is 10.9 Å². The maximum Gasteiger partial charge on any atom is 0.258 e. The molecule has 0 fully saturated rings. The van der Waals surface area contributed by atoms with Crippen LogP contribution in [0.1, 0.15) is 11.4 Å². The number of aromatic nitrogens is 2. The SMILES string of the molecule is Cc1nc2ccc(C#CCO)cc2c(=O)[nH]1. The van der Waals surface area contributed by atoms with Gasteiger partial charge in [0, 0.05) is 5.56 Å². The number of aliphatic hydroxyl groups excluding tert-OH is 1. The molecule has 0 radical (unpaired) electrons. The summed E-state index contributed by atoms with van der Waals surface area (Å²) in [6.07, 6.45) is 0. The number of hydrogen-bond donors (Lipinski definition) is 2. The molecule has 16 heavy (non-hydrogen) atoms. The van der Waals surface area contributed by atoms with Gasteiger partial charge in [-0.15, -0.1) is 0 Å². The van der Waals surface area contributed by atoms with Gasteiger partial charge in [-0.25, -0.2) is 4.98 Å². The van der Waals surface area contributed by atoms with E-state index < -0.39 is 0 Å². The van der Waals surface area contributed by atoms with Gasteiger partial charge in [0.05, 0.1) is 10.9 Å². The van der Waals surface area contributed by atoms with Crippen LogP contribution >= 0.6 is 0 Å². The first-order chi connectivity index (χ1) is 7.70. The van der Waals surface area contributed by atoms with Crippen LogP contribution < -0.4 is 5.56 Å². The molecule has 4 heteroatoms. The summed E-state index contributed by atoms with van der Waals surface area (Å²) >= 11 is 0. The van der Waals surface area contributed by atoms with Gasteiger partial charge in [-0.05, 0) is 25.1 Å². The van der Waals surface area contributed by atoms with Crippen molar-refractivity contribution < 1.29 is 5.11 Å². The lowest BCUT2D eigenvalue weighted by Gasteiger charge is -1.98. The number of hydrogen-bond acceptors (Lipinski definition) is 3. The molecule has 2 aromatic rings. The minimum absolute atomic E-state index is 0.171. The lowest BCUT2D eigenvalue weighted by atomic mass is 10.1. The van der Waals surface area contributed by atoms with Gasteiger partial charge in [-0.1, -0.05) is 11.8 Å². The minimum atomic E-state index is -0.194. The van der Waals surface area contributed by atoms with Gasteiger partial charge in [-0.3, -0.25) is 4.79 Å². The third-order valence-electron chi connectivity index (χ3n) is 2.14. The van der Waals surface area contributed by atoms with Crippen molar-refractivity contribution in [1.29, 1.82) is 0 Å². The van der Waals surface area contributed by atoms with Gasteiger partial charge < -0.3 is 10.1 Å². The second kappa shape index (κ2) is 4.17. The second-order valence-corrected chi connectivity index (χ2v) is 3.34. The van der Waals surface area contributed by atoms with E-state index in [0.29, 0.717) is 22.3 Å². The third kappa shape index (κ3) is 1.95. The number of nitrogens with one attached hydrogen (secondary N) is 1. The predicted octanol–water partition coefficient (Wildman–Crippen LogP) is 0.575. The molecule has 2 rings (SSSR count). The molecule has 0 saturated carbocycles. The van der Waals surface area contributed by atoms with E-state index in [1.54, 1.807) is 25.1 Å². The number of aryl methyl sites for hydroxylation is 1. The molecule has 0 aliphatic heterocycles. The van der Waals surface area contributed by atoms with Crippen LogP contribution in [0, 0.1) is 18.8 Å². The zero-order valence-corrected chi connectivity index (χ0v) is 8.74. The maximum atomic E-state index is 11.6. The number of fused-ring (bicyclic) bond motifs is 1. The molecule has 0 spiro atoms. The van der Waals surface area contributed by atoms with Crippen LogP contribution in [0.3, 0.4) is 0 Å². The number of H-pyrrole nitrogens is 1. The molecule has 0 aliphatic carbocycles. The Morgan fingerprint density at radius 2 is 2.31 bits per heavy atom. The zero-order chi connectivity index (χ0) is 11.5. The number of aromatic amines is 1. The van der Waals surface area contributed by atoms with E-state index in [4.69, 9.17) is 5.11 Å². The van der Waals surface area contributed by atoms with Crippen LogP contribution in [-0.4, -0.2) is 21.7 Å². The van der Waals surface area contributed by atoms with Crippen molar-refractivity contribution in [3.63, 3.8) is 0 Å². The van der Waals surface area contributed by atoms with Crippen molar-refractivity contribution in [3.05, 3.63) is 39.9 Å². The van der Waals surface area contributed by atoms with Crippen LogP contribution in [0.25, 0.3) is 10.9 Å². The Kier molecular flexibility index (Phi) is 2.71. The van der Waals surface area contributed by atoms with Crippen molar-refractivity contribution in [2.75, 3.05) is 6.61 Å². The van der Waals surface area contributed by atoms with Gasteiger partial charge >= 0.3 is 0 Å². The average Bonchev–Trinajstić information content (AvgIpc) is 2.26. The first kappa shape index (κ1) is 10.4. The summed E-state index contributed by atoms with van der Waals surface area (Å²) in [7, 11) is 0. The molecule has 0 saturated heterocycles. The lowest BCUT2D eigenvalue weighted by Crippen LogP contribution is -2.09. The molecule has 0 amide bonds. The second-order valence-electron chi connectivity index (χ2n) is 3.34. The summed E-state index contributed by atoms with van der Waals surface area (Å²) in [6.45, 7) is 1.54. The topological polar surface area (TPSA) is 66.0 Å². The monoisotopic (exact) mass is 214 g/mol. The van der Waals surface area contributed by atoms with Crippen molar-refractivity contribution in [3.8, 4) is 11.8 Å². The summed E-state index contributed by atoms with van der Waals surface area (Å²) in [5.41, 5.74) is 1.17. The maximum absolute atomic E-state index is 11.6. The first-order valence-corrected chi connectivity index (χ1v) is 4.81. The minimum Gasteiger partial charge on any atom is -0.384 e. The van der Waals surface area contributed by atoms with Crippen LogP contribution in [0.4, 0.5) is 0 Å². The third-order valence-corrected chi connectivity index (χ3v) is 2.14. The smallest absolute Gasteiger partial charge is 0.258 e. The molecule has 0 unspecified atom stereocenters. The average molecular weight is 214 g/mol. The summed E-state index contributed by atoms with van der Waals surface area (Å²) < 4.78 is 0. The highest BCUT2D eigenvalue weighted by Crippen LogP contribution is 2.09. The Bertz CT molecular complexity index is 647. The van der Waals surface area contributed by atoms with Crippen LogP contribution in [-0.2, 0) is 0 Å². The zero-order valence-electron chi connectivity index (χ0n) is 8.74. The van der Waals surface area contributed by atoms with E-state index in [0.717, 1.165) is 0 Å². The van der Waals surface area contributed by atoms with E-state index in [2.05, 4.69) is 21.8 Å². The van der Waals surface area contributed by atoms with E-state index >= 15 is 0 Å². The molecular weight excluding hydrogens is 204 g/mol. The Hall–Kier alpha value is -2.12. The fourth-order valence-corrected chi connectivity index (χ4v) is 1.48. The van der Waals surface area contributed by atoms with Crippen molar-refractivity contribution in [1.82, 2.24) is 9.97 Å². The van der Waals surface area contributed by atoms with E-state index in [9.17, 15) is 4.79 Å². The molecule has 4 nitrogen and oxygen atoms in total. The quantitative estimate of drug-likeness (QED) is 0.630. The van der Waals surface area contributed by atoms with Crippen LogP contribution in [0.2, 0.25) is 0 Å². The lowest BCUT2D eigenvalue weighted by molar-refractivity contribution is 0.350. The van der Waals surface area contributed by atoms with Crippen LogP contribution in [0.5, 0.6) is 0 Å². The Morgan fingerprint density at radius 3 is 3.06 bits per heavy atom. The summed E-state index contributed by atoms with van der Waals surface area (Å²) in [5.74, 6) is 5.87. The summed E-state index contributed by atoms with van der Waals surface area (Å²) in [5, 5.41) is 9.09. The summed E-state index contributed by atoms with van der Waals surface area (Å²) in [4.78, 5) is 18.5. The number of rotatable bonds is 0. The standard InChI is InChI=1S/C12H10N2O2/c1-8-13-11-5-4-9(3-2-6-15)7-10(11)12(16)14-8/h4-5,7,15H,6H2,1H3,(H,13,14,16). The normalized spacial score (nSPS) is 9.88. The highest BCUT2D eigenvalue weighted by atomic mass is 16.2. The molecule has 1 heterocycles. The summed E-state index contributed by atoms with van der Waals surface area (Å²) in [6, 6.07) is 5.19. The van der Waals surface area contributed by atoms with Crippen molar-refractivity contribution in [2.45, 2.75) is 6.92 Å². The molecule has 2 N–H and O–H groups in total.